The number of aromatic nitrogens is 5. The normalized spacial score (nSPS) is 12.7. The molecule has 5 rings (SSSR count). The van der Waals surface area contributed by atoms with Crippen molar-refractivity contribution >= 4 is 39.9 Å². The Morgan fingerprint density at radius 1 is 1.08 bits per heavy atom. The lowest BCUT2D eigenvalue weighted by Gasteiger charge is -2.20. The van der Waals surface area contributed by atoms with Crippen LogP contribution in [0, 0.1) is 6.92 Å². The van der Waals surface area contributed by atoms with Gasteiger partial charge in [-0.05, 0) is 55.8 Å². The van der Waals surface area contributed by atoms with Crippen LogP contribution < -0.4 is 5.32 Å². The zero-order chi connectivity index (χ0) is 25.6. The van der Waals surface area contributed by atoms with Crippen LogP contribution in [0.1, 0.15) is 35.5 Å². The average Bonchev–Trinajstić information content (AvgIpc) is 3.31. The predicted octanol–water partition coefficient (Wildman–Crippen LogP) is 7.14. The third-order valence-electron chi connectivity index (χ3n) is 5.83. The zero-order valence-electron chi connectivity index (χ0n) is 19.3. The van der Waals surface area contributed by atoms with Gasteiger partial charge < -0.3 is 5.32 Å². The fourth-order valence-electron chi connectivity index (χ4n) is 4.20. The lowest BCUT2D eigenvalue weighted by Crippen LogP contribution is -2.10. The number of halogens is 4. The Hall–Kier alpha value is -3.98. The van der Waals surface area contributed by atoms with Crippen molar-refractivity contribution in [3.05, 3.63) is 89.2 Å². The highest BCUT2D eigenvalue weighted by Gasteiger charge is 2.35. The van der Waals surface area contributed by atoms with Crippen LogP contribution >= 0.6 is 11.6 Å². The highest BCUT2D eigenvalue weighted by Crippen LogP contribution is 2.35. The number of rotatable bonds is 5. The van der Waals surface area contributed by atoms with Gasteiger partial charge in [0.2, 0.25) is 0 Å². The first-order chi connectivity index (χ1) is 17.2. The Bertz CT molecular complexity index is 1610. The second kappa shape index (κ2) is 8.91. The Balaban J connectivity index is 1.76. The summed E-state index contributed by atoms with van der Waals surface area (Å²) in [6.45, 7) is 7.63. The minimum absolute atomic E-state index is 0.177. The standard InChI is InChI=1S/C26H20ClF3N6/c1-4-19-20(5-6-22(27)33-19)32-15(3)17-11-14(2)12-18-23(17)35-24(16-7-9-31-10-8-16)36-13-21(26(28,29)30)34-25(18)36/h4-13,15,32H,1H2,2-3H3. The Morgan fingerprint density at radius 3 is 2.53 bits per heavy atom. The van der Waals surface area contributed by atoms with Gasteiger partial charge in [-0.25, -0.2) is 15.0 Å². The summed E-state index contributed by atoms with van der Waals surface area (Å²) >= 11 is 6.02. The van der Waals surface area contributed by atoms with E-state index in [1.165, 1.54) is 4.40 Å². The van der Waals surface area contributed by atoms with E-state index in [0.717, 1.165) is 17.3 Å². The molecule has 0 aliphatic heterocycles. The summed E-state index contributed by atoms with van der Waals surface area (Å²) in [7, 11) is 0. The number of pyridine rings is 2. The Morgan fingerprint density at radius 2 is 1.83 bits per heavy atom. The number of nitrogens with one attached hydrogen (secondary N) is 1. The molecule has 4 aromatic heterocycles. The molecule has 0 radical (unpaired) electrons. The van der Waals surface area contributed by atoms with Crippen LogP contribution in [0.3, 0.4) is 0 Å². The van der Waals surface area contributed by atoms with Crippen molar-refractivity contribution in [1.82, 2.24) is 24.3 Å². The first-order valence-corrected chi connectivity index (χ1v) is 11.4. The largest absolute Gasteiger partial charge is 0.434 e. The number of aryl methyl sites for hydroxylation is 1. The number of nitrogens with zero attached hydrogens (tertiary/aromatic N) is 5. The molecule has 0 spiro atoms. The second-order valence-electron chi connectivity index (χ2n) is 8.38. The van der Waals surface area contributed by atoms with Gasteiger partial charge in [-0.2, -0.15) is 13.2 Å². The molecule has 10 heteroatoms. The molecular formula is C26H20ClF3N6. The van der Waals surface area contributed by atoms with Crippen molar-refractivity contribution in [3.8, 4) is 11.4 Å². The van der Waals surface area contributed by atoms with Gasteiger partial charge in [0.15, 0.2) is 5.69 Å². The minimum atomic E-state index is -4.60. The first-order valence-electron chi connectivity index (χ1n) is 11.0. The summed E-state index contributed by atoms with van der Waals surface area (Å²) in [6, 6.07) is 10.4. The molecule has 182 valence electrons. The van der Waals surface area contributed by atoms with Crippen molar-refractivity contribution in [2.75, 3.05) is 5.32 Å². The molecule has 0 saturated heterocycles. The lowest BCUT2D eigenvalue weighted by atomic mass is 10.0. The maximum absolute atomic E-state index is 13.6. The van der Waals surface area contributed by atoms with Gasteiger partial charge in [0.05, 0.1) is 22.9 Å². The topological polar surface area (TPSA) is 68.0 Å². The summed E-state index contributed by atoms with van der Waals surface area (Å²) < 4.78 is 42.3. The number of hydrogen-bond donors (Lipinski definition) is 1. The maximum Gasteiger partial charge on any atom is 0.434 e. The van der Waals surface area contributed by atoms with Crippen molar-refractivity contribution in [2.24, 2.45) is 0 Å². The van der Waals surface area contributed by atoms with E-state index in [2.05, 4.69) is 26.8 Å². The van der Waals surface area contributed by atoms with Crippen molar-refractivity contribution in [2.45, 2.75) is 26.1 Å². The summed E-state index contributed by atoms with van der Waals surface area (Å²) in [5.41, 5.74) is 3.31. The van der Waals surface area contributed by atoms with E-state index in [1.54, 1.807) is 48.8 Å². The maximum atomic E-state index is 13.6. The third-order valence-corrected chi connectivity index (χ3v) is 6.04. The van der Waals surface area contributed by atoms with Gasteiger partial charge in [0.1, 0.15) is 16.6 Å². The van der Waals surface area contributed by atoms with Gasteiger partial charge in [-0.15, -0.1) is 0 Å². The lowest BCUT2D eigenvalue weighted by molar-refractivity contribution is -0.140. The number of anilines is 1. The molecule has 0 aliphatic carbocycles. The monoisotopic (exact) mass is 508 g/mol. The van der Waals surface area contributed by atoms with Gasteiger partial charge in [0.25, 0.3) is 0 Å². The van der Waals surface area contributed by atoms with Crippen LogP contribution in [0.4, 0.5) is 18.9 Å². The molecule has 1 atom stereocenters. The molecule has 6 nitrogen and oxygen atoms in total. The molecule has 0 saturated carbocycles. The van der Waals surface area contributed by atoms with Gasteiger partial charge in [0, 0.05) is 35.1 Å². The van der Waals surface area contributed by atoms with E-state index < -0.39 is 11.9 Å². The second-order valence-corrected chi connectivity index (χ2v) is 8.76. The number of hydrogen-bond acceptors (Lipinski definition) is 5. The average molecular weight is 509 g/mol. The molecule has 0 fully saturated rings. The fourth-order valence-corrected chi connectivity index (χ4v) is 4.36. The van der Waals surface area contributed by atoms with E-state index >= 15 is 0 Å². The van der Waals surface area contributed by atoms with E-state index in [0.29, 0.717) is 38.8 Å². The molecule has 0 bridgehead atoms. The SMILES string of the molecule is C=Cc1nc(Cl)ccc1NC(C)c1cc(C)cc2c1nc(-c1ccncc1)n1cc(C(F)(F)F)nc21. The Labute approximate surface area is 209 Å². The van der Waals surface area contributed by atoms with E-state index in [-0.39, 0.29) is 11.7 Å². The molecule has 1 unspecified atom stereocenters. The fraction of sp³-hybridized carbons (Fsp3) is 0.154. The number of alkyl halides is 3. The number of fused-ring (bicyclic) bond motifs is 3. The molecule has 1 N–H and O–H groups in total. The molecule has 5 aromatic rings. The molecular weight excluding hydrogens is 489 g/mol. The molecule has 1 aromatic carbocycles. The van der Waals surface area contributed by atoms with Gasteiger partial charge >= 0.3 is 6.18 Å². The summed E-state index contributed by atoms with van der Waals surface area (Å²) in [5, 5.41) is 4.27. The molecule has 0 amide bonds. The smallest absolute Gasteiger partial charge is 0.377 e. The van der Waals surface area contributed by atoms with Crippen LogP contribution in [-0.2, 0) is 6.18 Å². The van der Waals surface area contributed by atoms with Crippen LogP contribution in [0.25, 0.3) is 34.0 Å². The number of benzene rings is 1. The van der Waals surface area contributed by atoms with Crippen LogP contribution in [0.2, 0.25) is 5.15 Å². The summed E-state index contributed by atoms with van der Waals surface area (Å²) in [6.07, 6.45) is 1.12. The van der Waals surface area contributed by atoms with Crippen molar-refractivity contribution in [3.63, 3.8) is 0 Å². The highest BCUT2D eigenvalue weighted by molar-refractivity contribution is 6.29. The van der Waals surface area contributed by atoms with E-state index in [4.69, 9.17) is 16.6 Å². The predicted molar refractivity (Wildman–Crippen MR) is 135 cm³/mol. The van der Waals surface area contributed by atoms with Gasteiger partial charge in [-0.1, -0.05) is 24.2 Å². The van der Waals surface area contributed by atoms with Crippen LogP contribution in [-0.4, -0.2) is 24.3 Å². The van der Waals surface area contributed by atoms with Crippen molar-refractivity contribution < 1.29 is 13.2 Å². The highest BCUT2D eigenvalue weighted by atomic mass is 35.5. The van der Waals surface area contributed by atoms with Crippen LogP contribution in [0.5, 0.6) is 0 Å². The minimum Gasteiger partial charge on any atom is -0.377 e. The Kier molecular flexibility index (Phi) is 5.88. The third kappa shape index (κ3) is 4.26. The molecule has 0 aliphatic rings. The summed E-state index contributed by atoms with van der Waals surface area (Å²) in [5.74, 6) is 0.333. The molecule has 36 heavy (non-hydrogen) atoms. The zero-order valence-corrected chi connectivity index (χ0v) is 20.1. The number of imidazole rings is 1. The summed E-state index contributed by atoms with van der Waals surface area (Å²) in [4.78, 5) is 17.1. The first kappa shape index (κ1) is 23.7. The van der Waals surface area contributed by atoms with Gasteiger partial charge in [-0.3, -0.25) is 9.38 Å². The quantitative estimate of drug-likeness (QED) is 0.256. The van der Waals surface area contributed by atoms with Crippen LogP contribution in [0.15, 0.2) is 61.6 Å². The van der Waals surface area contributed by atoms with E-state index in [9.17, 15) is 13.2 Å². The molecule has 4 heterocycles. The van der Waals surface area contributed by atoms with Crippen molar-refractivity contribution in [1.29, 1.82) is 0 Å². The van der Waals surface area contributed by atoms with E-state index in [1.807, 2.05) is 19.9 Å².